The number of hydrogen-bond acceptors (Lipinski definition) is 5. The van der Waals surface area contributed by atoms with Gasteiger partial charge >= 0.3 is 5.97 Å². The second kappa shape index (κ2) is 6.45. The number of piperidine rings is 1. The molecule has 136 valence electrons. The van der Waals surface area contributed by atoms with Gasteiger partial charge in [-0.15, -0.1) is 0 Å². The highest BCUT2D eigenvalue weighted by atomic mass is 16.4. The number of carbonyl (C=O) groups is 1. The standard InChI is InChI=1S/C19H23N5O2/c1-18(2,3)15-7-10-24(22-15)19(17(25)26)8-11-23(12-9-19)16-6-4-5-14(13-20)21-16/h4-7,10H,8-9,11-12H2,1-3H3,(H,25,26). The SMILES string of the molecule is CC(C)(C)c1ccn(C2(C(=O)O)CCN(c3cccc(C#N)n3)CC2)n1. The normalized spacial score (nSPS) is 16.9. The summed E-state index contributed by atoms with van der Waals surface area (Å²) >= 11 is 0. The first-order valence-electron chi connectivity index (χ1n) is 8.68. The van der Waals surface area contributed by atoms with Gasteiger partial charge in [-0.3, -0.25) is 4.68 Å². The van der Waals surface area contributed by atoms with Gasteiger partial charge in [0.05, 0.1) is 5.69 Å². The van der Waals surface area contributed by atoms with Crippen LogP contribution < -0.4 is 4.90 Å². The number of pyridine rings is 1. The van der Waals surface area contributed by atoms with Crippen LogP contribution >= 0.6 is 0 Å². The molecule has 3 heterocycles. The summed E-state index contributed by atoms with van der Waals surface area (Å²) in [6, 6.07) is 9.24. The van der Waals surface area contributed by atoms with E-state index in [2.05, 4.69) is 30.9 Å². The molecule has 0 aromatic carbocycles. The quantitative estimate of drug-likeness (QED) is 0.911. The topological polar surface area (TPSA) is 95.0 Å². The average Bonchev–Trinajstić information content (AvgIpc) is 3.12. The molecule has 1 N–H and O–H groups in total. The Morgan fingerprint density at radius 2 is 1.96 bits per heavy atom. The second-order valence-electron chi connectivity index (χ2n) is 7.71. The molecule has 7 heteroatoms. The van der Waals surface area contributed by atoms with E-state index in [0.717, 1.165) is 5.69 Å². The van der Waals surface area contributed by atoms with Crippen molar-refractivity contribution in [2.75, 3.05) is 18.0 Å². The van der Waals surface area contributed by atoms with Crippen LogP contribution in [-0.2, 0) is 15.7 Å². The van der Waals surface area contributed by atoms with Gasteiger partial charge in [0.2, 0.25) is 0 Å². The lowest BCUT2D eigenvalue weighted by atomic mass is 9.87. The summed E-state index contributed by atoms with van der Waals surface area (Å²) in [6.07, 6.45) is 2.62. The highest BCUT2D eigenvalue weighted by molar-refractivity contribution is 5.77. The molecule has 0 amide bonds. The molecule has 0 aliphatic carbocycles. The Hall–Kier alpha value is -2.88. The van der Waals surface area contributed by atoms with Crippen molar-refractivity contribution < 1.29 is 9.90 Å². The van der Waals surface area contributed by atoms with E-state index in [1.807, 2.05) is 23.1 Å². The molecule has 3 rings (SSSR count). The number of rotatable bonds is 3. The minimum Gasteiger partial charge on any atom is -0.479 e. The Morgan fingerprint density at radius 3 is 2.50 bits per heavy atom. The van der Waals surface area contributed by atoms with Crippen LogP contribution in [0.15, 0.2) is 30.5 Å². The van der Waals surface area contributed by atoms with E-state index in [9.17, 15) is 9.90 Å². The van der Waals surface area contributed by atoms with Crippen LogP contribution in [0.2, 0.25) is 0 Å². The van der Waals surface area contributed by atoms with Crippen LogP contribution in [0, 0.1) is 11.3 Å². The van der Waals surface area contributed by atoms with Gasteiger partial charge in [-0.05, 0) is 18.2 Å². The molecule has 0 spiro atoms. The van der Waals surface area contributed by atoms with Gasteiger partial charge in [-0.25, -0.2) is 9.78 Å². The molecule has 26 heavy (non-hydrogen) atoms. The monoisotopic (exact) mass is 353 g/mol. The van der Waals surface area contributed by atoms with Crippen molar-refractivity contribution in [3.8, 4) is 6.07 Å². The molecule has 0 bridgehead atoms. The van der Waals surface area contributed by atoms with Crippen LogP contribution in [0.25, 0.3) is 0 Å². The number of hydrogen-bond donors (Lipinski definition) is 1. The average molecular weight is 353 g/mol. The van der Waals surface area contributed by atoms with E-state index >= 15 is 0 Å². The fourth-order valence-electron chi connectivity index (χ4n) is 3.27. The molecular formula is C19H23N5O2. The third-order valence-corrected chi connectivity index (χ3v) is 4.96. The Bertz CT molecular complexity index is 851. The molecule has 1 saturated heterocycles. The zero-order valence-electron chi connectivity index (χ0n) is 15.3. The van der Waals surface area contributed by atoms with Crippen LogP contribution in [0.4, 0.5) is 5.82 Å². The number of aliphatic carboxylic acids is 1. The zero-order chi connectivity index (χ0) is 18.9. The number of carboxylic acids is 1. The molecule has 0 saturated carbocycles. The molecule has 0 radical (unpaired) electrons. The van der Waals surface area contributed by atoms with Crippen LogP contribution in [-0.4, -0.2) is 38.9 Å². The van der Waals surface area contributed by atoms with Crippen molar-refractivity contribution in [2.24, 2.45) is 0 Å². The zero-order valence-corrected chi connectivity index (χ0v) is 15.3. The molecule has 7 nitrogen and oxygen atoms in total. The molecule has 1 aliphatic heterocycles. The van der Waals surface area contributed by atoms with E-state index in [0.29, 0.717) is 37.4 Å². The van der Waals surface area contributed by atoms with Crippen molar-refractivity contribution in [1.29, 1.82) is 5.26 Å². The summed E-state index contributed by atoms with van der Waals surface area (Å²) in [5.74, 6) is -0.154. The van der Waals surface area contributed by atoms with E-state index in [1.54, 1.807) is 23.0 Å². The van der Waals surface area contributed by atoms with E-state index < -0.39 is 11.5 Å². The predicted octanol–water partition coefficient (Wildman–Crippen LogP) is 2.53. The first-order chi connectivity index (χ1) is 12.3. The van der Waals surface area contributed by atoms with Crippen LogP contribution in [0.1, 0.15) is 45.0 Å². The maximum atomic E-state index is 12.1. The lowest BCUT2D eigenvalue weighted by Crippen LogP contribution is -2.51. The summed E-state index contributed by atoms with van der Waals surface area (Å²) in [5, 5.41) is 23.6. The minimum atomic E-state index is -1.05. The molecule has 1 fully saturated rings. The highest BCUT2D eigenvalue weighted by Gasteiger charge is 2.44. The lowest BCUT2D eigenvalue weighted by molar-refractivity contribution is -0.149. The summed E-state index contributed by atoms with van der Waals surface area (Å²) in [5.41, 5.74) is 0.0588. The Labute approximate surface area is 152 Å². The lowest BCUT2D eigenvalue weighted by Gasteiger charge is -2.39. The smallest absolute Gasteiger partial charge is 0.331 e. The fraction of sp³-hybridized carbons (Fsp3) is 0.474. The van der Waals surface area contributed by atoms with Gasteiger partial charge in [0, 0.05) is 37.5 Å². The van der Waals surface area contributed by atoms with Gasteiger partial charge in [-0.1, -0.05) is 26.8 Å². The fourth-order valence-corrected chi connectivity index (χ4v) is 3.27. The van der Waals surface area contributed by atoms with Gasteiger partial charge in [0.15, 0.2) is 5.54 Å². The van der Waals surface area contributed by atoms with E-state index in [4.69, 9.17) is 5.26 Å². The molecule has 0 atom stereocenters. The van der Waals surface area contributed by atoms with Crippen molar-refractivity contribution in [1.82, 2.24) is 14.8 Å². The third-order valence-electron chi connectivity index (χ3n) is 4.96. The van der Waals surface area contributed by atoms with Crippen molar-refractivity contribution in [3.63, 3.8) is 0 Å². The molecule has 2 aromatic heterocycles. The van der Waals surface area contributed by atoms with Crippen LogP contribution in [0.3, 0.4) is 0 Å². The number of carboxylic acid groups (broad SMARTS) is 1. The number of nitriles is 1. The number of anilines is 1. The third kappa shape index (κ3) is 3.15. The summed E-state index contributed by atoms with van der Waals surface area (Å²) in [7, 11) is 0. The number of nitrogens with zero attached hydrogens (tertiary/aromatic N) is 5. The summed E-state index contributed by atoms with van der Waals surface area (Å²) < 4.78 is 1.62. The number of aromatic nitrogens is 3. The molecular weight excluding hydrogens is 330 g/mol. The molecule has 2 aromatic rings. The molecule has 1 aliphatic rings. The van der Waals surface area contributed by atoms with Gasteiger partial charge in [0.25, 0.3) is 0 Å². The maximum Gasteiger partial charge on any atom is 0.331 e. The minimum absolute atomic E-state index is 0.132. The largest absolute Gasteiger partial charge is 0.479 e. The van der Waals surface area contributed by atoms with E-state index in [1.165, 1.54) is 0 Å². The maximum absolute atomic E-state index is 12.1. The Kier molecular flexibility index (Phi) is 4.45. The Balaban J connectivity index is 1.84. The first-order valence-corrected chi connectivity index (χ1v) is 8.68. The first kappa shape index (κ1) is 17.9. The summed E-state index contributed by atoms with van der Waals surface area (Å²) in [4.78, 5) is 18.5. The van der Waals surface area contributed by atoms with Crippen molar-refractivity contribution in [3.05, 3.63) is 41.9 Å². The predicted molar refractivity (Wildman–Crippen MR) is 96.9 cm³/mol. The van der Waals surface area contributed by atoms with Gasteiger partial charge in [-0.2, -0.15) is 10.4 Å². The van der Waals surface area contributed by atoms with Gasteiger partial charge < -0.3 is 10.0 Å². The summed E-state index contributed by atoms with van der Waals surface area (Å²) in [6.45, 7) is 7.26. The molecule has 0 unspecified atom stereocenters. The van der Waals surface area contributed by atoms with Gasteiger partial charge in [0.1, 0.15) is 17.6 Å². The highest BCUT2D eigenvalue weighted by Crippen LogP contribution is 2.33. The van der Waals surface area contributed by atoms with E-state index in [-0.39, 0.29) is 5.41 Å². The van der Waals surface area contributed by atoms with Crippen molar-refractivity contribution in [2.45, 2.75) is 44.6 Å². The van der Waals surface area contributed by atoms with Crippen LogP contribution in [0.5, 0.6) is 0 Å². The van der Waals surface area contributed by atoms with Crippen molar-refractivity contribution >= 4 is 11.8 Å². The Morgan fingerprint density at radius 1 is 1.27 bits per heavy atom. The second-order valence-corrected chi connectivity index (χ2v) is 7.71.